The van der Waals surface area contributed by atoms with E-state index in [1.165, 1.54) is 0 Å². The number of alkyl halides is 6. The molecular formula is C20H13Cl6N3O. The first-order chi connectivity index (χ1) is 14.1. The van der Waals surface area contributed by atoms with Crippen LogP contribution in [0.4, 0.5) is 0 Å². The topological polar surface area (TPSA) is 47.9 Å². The van der Waals surface area contributed by atoms with Gasteiger partial charge in [0.2, 0.25) is 7.59 Å². The molecule has 2 aromatic carbocycles. The van der Waals surface area contributed by atoms with Crippen molar-refractivity contribution in [3.05, 3.63) is 83.2 Å². The van der Waals surface area contributed by atoms with Crippen LogP contribution in [0.15, 0.2) is 54.6 Å². The predicted molar refractivity (Wildman–Crippen MR) is 124 cm³/mol. The van der Waals surface area contributed by atoms with Gasteiger partial charge >= 0.3 is 0 Å². The summed E-state index contributed by atoms with van der Waals surface area (Å²) in [6.45, 7) is 0.423. The van der Waals surface area contributed by atoms with Gasteiger partial charge in [-0.3, -0.25) is 0 Å². The number of nitrogens with zero attached hydrogens (tertiary/aromatic N) is 3. The number of hydrogen-bond acceptors (Lipinski definition) is 4. The second-order valence-corrected chi connectivity index (χ2v) is 10.5. The van der Waals surface area contributed by atoms with Gasteiger partial charge in [0.25, 0.3) is 0 Å². The Morgan fingerprint density at radius 1 is 0.700 bits per heavy atom. The third-order valence-electron chi connectivity index (χ3n) is 3.73. The summed E-state index contributed by atoms with van der Waals surface area (Å²) < 4.78 is 2.12. The highest BCUT2D eigenvalue weighted by molar-refractivity contribution is 6.67. The van der Waals surface area contributed by atoms with E-state index >= 15 is 0 Å². The molecule has 0 bridgehead atoms. The molecular weight excluding hydrogens is 511 g/mol. The fourth-order valence-corrected chi connectivity index (χ4v) is 2.88. The molecule has 0 amide bonds. The Labute approximate surface area is 203 Å². The van der Waals surface area contributed by atoms with Gasteiger partial charge in [-0.05, 0) is 23.8 Å². The number of halogens is 6. The van der Waals surface area contributed by atoms with Gasteiger partial charge in [0.05, 0.1) is 0 Å². The predicted octanol–water partition coefficient (Wildman–Crippen LogP) is 7.27. The molecule has 3 rings (SSSR count). The van der Waals surface area contributed by atoms with Crippen LogP contribution in [-0.2, 0) is 14.2 Å². The molecule has 4 nitrogen and oxygen atoms in total. The van der Waals surface area contributed by atoms with E-state index in [1.54, 1.807) is 12.2 Å². The molecule has 156 valence electrons. The standard InChI is InChI=1S/C20H13Cl6N3O/c21-19(22,23)17-27-16(28-18(29-17)20(24,25)26)11-10-14-8-4-5-9-15(14)30-12-13-6-2-1-3-7-13/h1-11H,12H2/b11-10+. The maximum absolute atomic E-state index is 5.94. The van der Waals surface area contributed by atoms with Crippen LogP contribution in [0, 0.1) is 0 Å². The van der Waals surface area contributed by atoms with Crippen LogP contribution in [-0.4, -0.2) is 15.0 Å². The van der Waals surface area contributed by atoms with Gasteiger partial charge in [-0.15, -0.1) is 0 Å². The number of hydrogen-bond donors (Lipinski definition) is 0. The molecule has 3 aromatic rings. The third-order valence-corrected chi connectivity index (χ3v) is 4.74. The summed E-state index contributed by atoms with van der Waals surface area (Å²) >= 11 is 35.4. The highest BCUT2D eigenvalue weighted by Gasteiger charge is 2.33. The minimum absolute atomic E-state index is 0.155. The fraction of sp³-hybridized carbons (Fsp3) is 0.150. The number of rotatable bonds is 5. The average Bonchev–Trinajstić information content (AvgIpc) is 2.70. The largest absolute Gasteiger partial charge is 0.488 e. The summed E-state index contributed by atoms with van der Waals surface area (Å²) in [6.07, 6.45) is 3.34. The normalized spacial score (nSPS) is 12.3. The summed E-state index contributed by atoms with van der Waals surface area (Å²) in [5, 5.41) is 0. The van der Waals surface area contributed by atoms with E-state index in [-0.39, 0.29) is 17.5 Å². The van der Waals surface area contributed by atoms with E-state index in [2.05, 4.69) is 15.0 Å². The molecule has 0 fully saturated rings. The van der Waals surface area contributed by atoms with E-state index < -0.39 is 7.59 Å². The number of benzene rings is 2. The van der Waals surface area contributed by atoms with Crippen molar-refractivity contribution in [1.82, 2.24) is 15.0 Å². The SMILES string of the molecule is ClC(Cl)(Cl)c1nc(/C=C/c2ccccc2OCc2ccccc2)nc(C(Cl)(Cl)Cl)n1. The molecule has 0 unspecified atom stereocenters. The third kappa shape index (κ3) is 6.61. The Bertz CT molecular complexity index is 1000. The second kappa shape index (κ2) is 9.90. The number of aromatic nitrogens is 3. The van der Waals surface area contributed by atoms with Gasteiger partial charge in [0, 0.05) is 5.56 Å². The van der Waals surface area contributed by atoms with Crippen LogP contribution in [0.3, 0.4) is 0 Å². The van der Waals surface area contributed by atoms with Crippen LogP contribution in [0.1, 0.15) is 28.6 Å². The first-order valence-corrected chi connectivity index (χ1v) is 10.7. The molecule has 0 radical (unpaired) electrons. The van der Waals surface area contributed by atoms with Crippen molar-refractivity contribution in [2.24, 2.45) is 0 Å². The smallest absolute Gasteiger partial charge is 0.250 e. The molecule has 30 heavy (non-hydrogen) atoms. The molecule has 10 heteroatoms. The van der Waals surface area contributed by atoms with Crippen molar-refractivity contribution in [3.8, 4) is 5.75 Å². The molecule has 0 atom stereocenters. The summed E-state index contributed by atoms with van der Waals surface area (Å²) in [4.78, 5) is 12.2. The van der Waals surface area contributed by atoms with Gasteiger partial charge in [0.15, 0.2) is 17.5 Å². The van der Waals surface area contributed by atoms with Crippen molar-refractivity contribution < 1.29 is 4.74 Å². The Hall–Kier alpha value is -1.27. The zero-order valence-electron chi connectivity index (χ0n) is 15.1. The van der Waals surface area contributed by atoms with Crippen LogP contribution in [0.2, 0.25) is 0 Å². The van der Waals surface area contributed by atoms with Crippen molar-refractivity contribution in [3.63, 3.8) is 0 Å². The minimum Gasteiger partial charge on any atom is -0.488 e. The lowest BCUT2D eigenvalue weighted by Crippen LogP contribution is -2.16. The quantitative estimate of drug-likeness (QED) is 0.330. The maximum Gasteiger partial charge on any atom is 0.250 e. The van der Waals surface area contributed by atoms with Crippen molar-refractivity contribution in [2.75, 3.05) is 0 Å². The summed E-state index contributed by atoms with van der Waals surface area (Å²) in [6, 6.07) is 17.3. The molecule has 0 saturated heterocycles. The van der Waals surface area contributed by atoms with Gasteiger partial charge in [-0.1, -0.05) is 118 Å². The lowest BCUT2D eigenvalue weighted by Gasteiger charge is -2.14. The monoisotopic (exact) mass is 521 g/mol. The van der Waals surface area contributed by atoms with Gasteiger partial charge < -0.3 is 4.74 Å². The molecule has 0 aliphatic carbocycles. The Morgan fingerprint density at radius 3 is 1.87 bits per heavy atom. The van der Waals surface area contributed by atoms with E-state index in [1.807, 2.05) is 54.6 Å². The van der Waals surface area contributed by atoms with Crippen molar-refractivity contribution in [2.45, 2.75) is 14.2 Å². The van der Waals surface area contributed by atoms with Crippen LogP contribution >= 0.6 is 69.6 Å². The Morgan fingerprint density at radius 2 is 1.27 bits per heavy atom. The Balaban J connectivity index is 1.89. The van der Waals surface area contributed by atoms with Crippen LogP contribution < -0.4 is 4.74 Å². The van der Waals surface area contributed by atoms with Crippen LogP contribution in [0.5, 0.6) is 5.75 Å². The van der Waals surface area contributed by atoms with Gasteiger partial charge in [-0.2, -0.15) is 0 Å². The fourth-order valence-electron chi connectivity index (χ4n) is 2.37. The first-order valence-electron chi connectivity index (χ1n) is 8.47. The minimum atomic E-state index is -1.91. The van der Waals surface area contributed by atoms with E-state index in [0.29, 0.717) is 12.4 Å². The lowest BCUT2D eigenvalue weighted by molar-refractivity contribution is 0.305. The van der Waals surface area contributed by atoms with Gasteiger partial charge in [0.1, 0.15) is 12.4 Å². The first kappa shape index (κ1) is 23.4. The zero-order chi connectivity index (χ0) is 21.8. The van der Waals surface area contributed by atoms with E-state index in [4.69, 9.17) is 74.3 Å². The molecule has 0 saturated carbocycles. The van der Waals surface area contributed by atoms with Crippen molar-refractivity contribution in [1.29, 1.82) is 0 Å². The molecule has 1 heterocycles. The number of ether oxygens (including phenoxy) is 1. The molecule has 0 aliphatic rings. The van der Waals surface area contributed by atoms with E-state index in [9.17, 15) is 0 Å². The highest BCUT2D eigenvalue weighted by Crippen LogP contribution is 2.40. The highest BCUT2D eigenvalue weighted by atomic mass is 35.6. The van der Waals surface area contributed by atoms with E-state index in [0.717, 1.165) is 11.1 Å². The number of para-hydroxylation sites is 1. The molecule has 0 spiro atoms. The van der Waals surface area contributed by atoms with Crippen molar-refractivity contribution >= 4 is 81.8 Å². The lowest BCUT2D eigenvalue weighted by atomic mass is 10.2. The summed E-state index contributed by atoms with van der Waals surface area (Å²) in [7, 11) is 0. The summed E-state index contributed by atoms with van der Waals surface area (Å²) in [5.74, 6) is 0.523. The maximum atomic E-state index is 5.94. The summed E-state index contributed by atoms with van der Waals surface area (Å²) in [5.41, 5.74) is 1.84. The average molecular weight is 524 g/mol. The zero-order valence-corrected chi connectivity index (χ0v) is 19.6. The van der Waals surface area contributed by atoms with Gasteiger partial charge in [-0.25, -0.2) is 15.0 Å². The molecule has 0 N–H and O–H groups in total. The Kier molecular flexibility index (Phi) is 7.72. The molecule has 1 aromatic heterocycles. The van der Waals surface area contributed by atoms with Crippen LogP contribution in [0.25, 0.3) is 12.2 Å². The molecule has 0 aliphatic heterocycles. The second-order valence-electron chi connectivity index (χ2n) is 5.98.